The molecular formula is C10H25N3O2S. The molecule has 0 heterocycles. The molecule has 0 aliphatic heterocycles. The summed E-state index contributed by atoms with van der Waals surface area (Å²) in [6.45, 7) is 8.07. The van der Waals surface area contributed by atoms with Crippen molar-refractivity contribution in [3.05, 3.63) is 0 Å². The lowest BCUT2D eigenvalue weighted by Crippen LogP contribution is -2.36. The molecule has 0 unspecified atom stereocenters. The zero-order valence-electron chi connectivity index (χ0n) is 10.6. The van der Waals surface area contributed by atoms with Crippen molar-refractivity contribution in [3.8, 4) is 0 Å². The monoisotopic (exact) mass is 251 g/mol. The van der Waals surface area contributed by atoms with Crippen LogP contribution in [0.25, 0.3) is 0 Å². The minimum atomic E-state index is -3.08. The molecule has 0 saturated heterocycles. The summed E-state index contributed by atoms with van der Waals surface area (Å²) in [6.07, 6.45) is 0.650. The van der Waals surface area contributed by atoms with Gasteiger partial charge in [0.2, 0.25) is 10.0 Å². The quantitative estimate of drug-likeness (QED) is 0.531. The summed E-state index contributed by atoms with van der Waals surface area (Å²) in [5.41, 5.74) is 0. The van der Waals surface area contributed by atoms with Crippen molar-refractivity contribution in [2.75, 3.05) is 45.5 Å². The topological polar surface area (TPSA) is 61.4 Å². The van der Waals surface area contributed by atoms with Gasteiger partial charge in [0.05, 0.1) is 5.75 Å². The van der Waals surface area contributed by atoms with Gasteiger partial charge in [0.1, 0.15) is 0 Å². The summed E-state index contributed by atoms with van der Waals surface area (Å²) >= 11 is 0. The lowest BCUT2D eigenvalue weighted by molar-refractivity contribution is 0.309. The van der Waals surface area contributed by atoms with E-state index in [-0.39, 0.29) is 5.75 Å². The molecular weight excluding hydrogens is 226 g/mol. The number of rotatable bonds is 10. The fourth-order valence-electron chi connectivity index (χ4n) is 1.41. The molecule has 5 nitrogen and oxygen atoms in total. The van der Waals surface area contributed by atoms with Crippen molar-refractivity contribution in [2.45, 2.75) is 20.3 Å². The average molecular weight is 251 g/mol. The largest absolute Gasteiger partial charge is 0.320 e. The molecule has 0 aliphatic carbocycles. The van der Waals surface area contributed by atoms with Crippen LogP contribution < -0.4 is 10.0 Å². The standard InChI is InChI=1S/C10H25N3O2S/c1-4-13(5-2)9-8-12-16(14,15)10-6-7-11-3/h11-12H,4-10H2,1-3H3. The van der Waals surface area contributed by atoms with E-state index >= 15 is 0 Å². The van der Waals surface area contributed by atoms with Crippen molar-refractivity contribution in [3.63, 3.8) is 0 Å². The highest BCUT2D eigenvalue weighted by molar-refractivity contribution is 7.89. The van der Waals surface area contributed by atoms with Crippen molar-refractivity contribution in [1.29, 1.82) is 0 Å². The summed E-state index contributed by atoms with van der Waals surface area (Å²) in [5.74, 6) is 0.200. The molecule has 0 amide bonds. The zero-order chi connectivity index (χ0) is 12.4. The highest BCUT2D eigenvalue weighted by atomic mass is 32.2. The first-order chi connectivity index (χ1) is 7.55. The van der Waals surface area contributed by atoms with E-state index in [2.05, 4.69) is 28.8 Å². The van der Waals surface area contributed by atoms with Gasteiger partial charge >= 0.3 is 0 Å². The highest BCUT2D eigenvalue weighted by Gasteiger charge is 2.09. The van der Waals surface area contributed by atoms with Crippen LogP contribution in [0.15, 0.2) is 0 Å². The smallest absolute Gasteiger partial charge is 0.211 e. The van der Waals surface area contributed by atoms with Gasteiger partial charge in [-0.05, 0) is 33.1 Å². The molecule has 0 aliphatic rings. The van der Waals surface area contributed by atoms with Gasteiger partial charge in [-0.25, -0.2) is 13.1 Å². The van der Waals surface area contributed by atoms with E-state index in [1.54, 1.807) is 0 Å². The Labute approximate surface area is 99.6 Å². The Morgan fingerprint density at radius 2 is 1.75 bits per heavy atom. The van der Waals surface area contributed by atoms with Gasteiger partial charge in [-0.15, -0.1) is 0 Å². The van der Waals surface area contributed by atoms with Crippen molar-refractivity contribution in [1.82, 2.24) is 14.9 Å². The van der Waals surface area contributed by atoms with E-state index in [4.69, 9.17) is 0 Å². The summed E-state index contributed by atoms with van der Waals surface area (Å²) < 4.78 is 25.6. The molecule has 0 aromatic heterocycles. The fraction of sp³-hybridized carbons (Fsp3) is 1.00. The number of sulfonamides is 1. The number of hydrogen-bond donors (Lipinski definition) is 2. The number of likely N-dealkylation sites (N-methyl/N-ethyl adjacent to an activating group) is 1. The molecule has 6 heteroatoms. The Morgan fingerprint density at radius 1 is 1.12 bits per heavy atom. The Hall–Kier alpha value is -0.170. The van der Waals surface area contributed by atoms with Gasteiger partial charge in [-0.2, -0.15) is 0 Å². The maximum Gasteiger partial charge on any atom is 0.211 e. The molecule has 0 saturated carbocycles. The van der Waals surface area contributed by atoms with E-state index in [1.807, 2.05) is 7.05 Å². The summed E-state index contributed by atoms with van der Waals surface area (Å²) in [4.78, 5) is 2.19. The van der Waals surface area contributed by atoms with Crippen molar-refractivity contribution >= 4 is 10.0 Å². The van der Waals surface area contributed by atoms with E-state index in [1.165, 1.54) is 0 Å². The molecule has 0 radical (unpaired) electrons. The van der Waals surface area contributed by atoms with Gasteiger partial charge in [0.15, 0.2) is 0 Å². The first kappa shape index (κ1) is 15.8. The Kier molecular flexibility index (Phi) is 8.83. The lowest BCUT2D eigenvalue weighted by Gasteiger charge is -2.17. The first-order valence-electron chi connectivity index (χ1n) is 5.90. The maximum atomic E-state index is 11.5. The third kappa shape index (κ3) is 8.04. The second-order valence-electron chi connectivity index (χ2n) is 3.70. The second-order valence-corrected chi connectivity index (χ2v) is 5.62. The third-order valence-electron chi connectivity index (χ3n) is 2.48. The van der Waals surface area contributed by atoms with Gasteiger partial charge < -0.3 is 10.2 Å². The molecule has 0 aromatic rings. The van der Waals surface area contributed by atoms with Crippen LogP contribution in [0.5, 0.6) is 0 Å². The molecule has 16 heavy (non-hydrogen) atoms. The second kappa shape index (κ2) is 8.92. The van der Waals surface area contributed by atoms with Gasteiger partial charge in [-0.1, -0.05) is 13.8 Å². The molecule has 0 rings (SSSR count). The Balaban J connectivity index is 3.73. The SMILES string of the molecule is CCN(CC)CCNS(=O)(=O)CCCNC. The van der Waals surface area contributed by atoms with Crippen LogP contribution in [-0.2, 0) is 10.0 Å². The Morgan fingerprint density at radius 3 is 2.25 bits per heavy atom. The first-order valence-corrected chi connectivity index (χ1v) is 7.55. The number of nitrogens with one attached hydrogen (secondary N) is 2. The van der Waals surface area contributed by atoms with Crippen LogP contribution in [0.1, 0.15) is 20.3 Å². The minimum Gasteiger partial charge on any atom is -0.320 e. The average Bonchev–Trinajstić information content (AvgIpc) is 2.24. The highest BCUT2D eigenvalue weighted by Crippen LogP contribution is 1.90. The van der Waals surface area contributed by atoms with Crippen LogP contribution in [0.2, 0.25) is 0 Å². The van der Waals surface area contributed by atoms with E-state index in [9.17, 15) is 8.42 Å². The number of hydrogen-bond acceptors (Lipinski definition) is 4. The lowest BCUT2D eigenvalue weighted by atomic mass is 10.5. The van der Waals surface area contributed by atoms with Crippen LogP contribution in [-0.4, -0.2) is 58.8 Å². The molecule has 0 atom stereocenters. The minimum absolute atomic E-state index is 0.200. The van der Waals surface area contributed by atoms with E-state index < -0.39 is 10.0 Å². The van der Waals surface area contributed by atoms with Crippen LogP contribution in [0.4, 0.5) is 0 Å². The molecule has 0 bridgehead atoms. The molecule has 0 spiro atoms. The summed E-state index contributed by atoms with van der Waals surface area (Å²) in [7, 11) is -1.26. The number of nitrogens with zero attached hydrogens (tertiary/aromatic N) is 1. The summed E-state index contributed by atoms with van der Waals surface area (Å²) in [5, 5.41) is 2.93. The third-order valence-corrected chi connectivity index (χ3v) is 3.95. The fourth-order valence-corrected chi connectivity index (χ4v) is 2.48. The maximum absolute atomic E-state index is 11.5. The Bertz CT molecular complexity index is 251. The van der Waals surface area contributed by atoms with Crippen LogP contribution in [0.3, 0.4) is 0 Å². The van der Waals surface area contributed by atoms with E-state index in [0.717, 1.165) is 26.2 Å². The van der Waals surface area contributed by atoms with Crippen molar-refractivity contribution in [2.24, 2.45) is 0 Å². The van der Waals surface area contributed by atoms with Gasteiger partial charge in [0, 0.05) is 13.1 Å². The van der Waals surface area contributed by atoms with Crippen LogP contribution >= 0.6 is 0 Å². The molecule has 0 aromatic carbocycles. The molecule has 98 valence electrons. The van der Waals surface area contributed by atoms with Gasteiger partial charge in [0.25, 0.3) is 0 Å². The van der Waals surface area contributed by atoms with Gasteiger partial charge in [-0.3, -0.25) is 0 Å². The van der Waals surface area contributed by atoms with Crippen molar-refractivity contribution < 1.29 is 8.42 Å². The molecule has 0 fully saturated rings. The summed E-state index contributed by atoms with van der Waals surface area (Å²) in [6, 6.07) is 0. The zero-order valence-corrected chi connectivity index (χ0v) is 11.4. The normalized spacial score (nSPS) is 12.2. The molecule has 2 N–H and O–H groups in total. The van der Waals surface area contributed by atoms with E-state index in [0.29, 0.717) is 13.0 Å². The predicted octanol–water partition coefficient (Wildman–Crippen LogP) is -0.143. The van der Waals surface area contributed by atoms with Crippen LogP contribution in [0, 0.1) is 0 Å². The predicted molar refractivity (Wildman–Crippen MR) is 68.1 cm³/mol.